The third-order valence-electron chi connectivity index (χ3n) is 3.60. The van der Waals surface area contributed by atoms with Gasteiger partial charge in [-0.1, -0.05) is 35.4 Å². The summed E-state index contributed by atoms with van der Waals surface area (Å²) in [5.41, 5.74) is 9.40. The molecule has 1 fully saturated rings. The Hall–Kier alpha value is -2.20. The van der Waals surface area contributed by atoms with E-state index in [0.717, 1.165) is 6.42 Å². The molecule has 0 aromatic heterocycles. The maximum atomic E-state index is 12.2. The standard InChI is InChI=1S/C16H22N4O2/c1-16(2,3)22-15(21)20-10-13(14(11-20)18-19-17)9-12-7-5-4-6-8-12/h4-8,13-14H,9-11H2,1-3H3/t13-,14+/m1/s1. The minimum atomic E-state index is -0.525. The molecule has 0 aliphatic carbocycles. The van der Waals surface area contributed by atoms with E-state index in [9.17, 15) is 4.79 Å². The van der Waals surface area contributed by atoms with Crippen LogP contribution in [0.15, 0.2) is 35.4 Å². The first kappa shape index (κ1) is 16.2. The summed E-state index contributed by atoms with van der Waals surface area (Å²) in [6, 6.07) is 9.82. The molecular formula is C16H22N4O2. The second kappa shape index (κ2) is 6.71. The smallest absolute Gasteiger partial charge is 0.410 e. The summed E-state index contributed by atoms with van der Waals surface area (Å²) < 4.78 is 5.40. The van der Waals surface area contributed by atoms with E-state index in [1.807, 2.05) is 51.1 Å². The summed E-state index contributed by atoms with van der Waals surface area (Å²) in [6.07, 6.45) is 0.435. The minimum Gasteiger partial charge on any atom is -0.444 e. The molecule has 6 heteroatoms. The van der Waals surface area contributed by atoms with Crippen LogP contribution in [0, 0.1) is 5.92 Å². The Balaban J connectivity index is 2.06. The number of hydrogen-bond acceptors (Lipinski definition) is 3. The van der Waals surface area contributed by atoms with Crippen LogP contribution in [0.5, 0.6) is 0 Å². The van der Waals surface area contributed by atoms with Crippen molar-refractivity contribution < 1.29 is 9.53 Å². The van der Waals surface area contributed by atoms with Gasteiger partial charge < -0.3 is 9.64 Å². The van der Waals surface area contributed by atoms with Crippen molar-refractivity contribution in [2.45, 2.75) is 38.8 Å². The Morgan fingerprint density at radius 2 is 2.05 bits per heavy atom. The summed E-state index contributed by atoms with van der Waals surface area (Å²) in [6.45, 7) is 6.48. The van der Waals surface area contributed by atoms with Crippen LogP contribution in [0.4, 0.5) is 4.79 Å². The molecule has 1 aromatic carbocycles. The van der Waals surface area contributed by atoms with E-state index in [1.165, 1.54) is 5.56 Å². The first-order chi connectivity index (χ1) is 10.4. The molecular weight excluding hydrogens is 280 g/mol. The lowest BCUT2D eigenvalue weighted by Crippen LogP contribution is -2.35. The van der Waals surface area contributed by atoms with Crippen molar-refractivity contribution in [2.75, 3.05) is 13.1 Å². The Kier molecular flexibility index (Phi) is 4.93. The highest BCUT2D eigenvalue weighted by Crippen LogP contribution is 2.25. The van der Waals surface area contributed by atoms with Gasteiger partial charge in [-0.05, 0) is 44.2 Å². The molecule has 0 N–H and O–H groups in total. The number of amides is 1. The molecule has 0 bridgehead atoms. The van der Waals surface area contributed by atoms with Gasteiger partial charge in [0.05, 0.1) is 6.04 Å². The quantitative estimate of drug-likeness (QED) is 0.484. The molecule has 1 aromatic rings. The fourth-order valence-electron chi connectivity index (χ4n) is 2.64. The van der Waals surface area contributed by atoms with E-state index in [1.54, 1.807) is 4.90 Å². The van der Waals surface area contributed by atoms with Crippen LogP contribution < -0.4 is 0 Å². The van der Waals surface area contributed by atoms with Crippen molar-refractivity contribution in [3.63, 3.8) is 0 Å². The highest BCUT2D eigenvalue weighted by atomic mass is 16.6. The summed E-state index contributed by atoms with van der Waals surface area (Å²) in [4.78, 5) is 16.7. The van der Waals surface area contributed by atoms with Gasteiger partial charge >= 0.3 is 6.09 Å². The fourth-order valence-corrected chi connectivity index (χ4v) is 2.64. The SMILES string of the molecule is CC(C)(C)OC(=O)N1C[C@@H](Cc2ccccc2)[C@@H](N=[N+]=[N-])C1. The molecule has 0 unspecified atom stereocenters. The van der Waals surface area contributed by atoms with E-state index in [4.69, 9.17) is 10.3 Å². The average Bonchev–Trinajstić information content (AvgIpc) is 2.82. The maximum absolute atomic E-state index is 12.2. The molecule has 2 atom stereocenters. The summed E-state index contributed by atoms with van der Waals surface area (Å²) >= 11 is 0. The number of carbonyl (C=O) groups excluding carboxylic acids is 1. The Bertz CT molecular complexity index is 561. The van der Waals surface area contributed by atoms with Crippen LogP contribution in [0.1, 0.15) is 26.3 Å². The zero-order valence-electron chi connectivity index (χ0n) is 13.3. The van der Waals surface area contributed by atoms with Crippen LogP contribution in [0.2, 0.25) is 0 Å². The summed E-state index contributed by atoms with van der Waals surface area (Å²) in [7, 11) is 0. The zero-order valence-corrected chi connectivity index (χ0v) is 13.3. The number of benzene rings is 1. The first-order valence-electron chi connectivity index (χ1n) is 7.45. The van der Waals surface area contributed by atoms with E-state index < -0.39 is 5.60 Å². The number of rotatable bonds is 3. The van der Waals surface area contributed by atoms with Gasteiger partial charge in [-0.15, -0.1) is 0 Å². The lowest BCUT2D eigenvalue weighted by atomic mass is 9.95. The second-order valence-electron chi connectivity index (χ2n) is 6.61. The molecule has 1 aliphatic rings. The maximum Gasteiger partial charge on any atom is 0.410 e. The number of ether oxygens (including phenoxy) is 1. The van der Waals surface area contributed by atoms with Gasteiger partial charge in [0, 0.05) is 18.0 Å². The lowest BCUT2D eigenvalue weighted by molar-refractivity contribution is 0.0287. The zero-order chi connectivity index (χ0) is 16.2. The predicted octanol–water partition coefficient (Wildman–Crippen LogP) is 3.77. The molecule has 6 nitrogen and oxygen atoms in total. The molecule has 1 heterocycles. The van der Waals surface area contributed by atoms with E-state index in [0.29, 0.717) is 13.1 Å². The normalized spacial score (nSPS) is 21.3. The summed E-state index contributed by atoms with van der Waals surface area (Å²) in [5, 5.41) is 3.86. The predicted molar refractivity (Wildman–Crippen MR) is 84.4 cm³/mol. The molecule has 0 radical (unpaired) electrons. The fraction of sp³-hybridized carbons (Fsp3) is 0.562. The lowest BCUT2D eigenvalue weighted by Gasteiger charge is -2.24. The molecule has 1 aliphatic heterocycles. The van der Waals surface area contributed by atoms with Crippen molar-refractivity contribution in [2.24, 2.45) is 11.0 Å². The number of hydrogen-bond donors (Lipinski definition) is 0. The Labute approximate surface area is 130 Å². The Morgan fingerprint density at radius 3 is 2.64 bits per heavy atom. The van der Waals surface area contributed by atoms with Crippen LogP contribution >= 0.6 is 0 Å². The highest BCUT2D eigenvalue weighted by Gasteiger charge is 2.36. The van der Waals surface area contributed by atoms with Gasteiger partial charge in [0.25, 0.3) is 0 Å². The summed E-state index contributed by atoms with van der Waals surface area (Å²) in [5.74, 6) is 0.116. The van der Waals surface area contributed by atoms with Crippen LogP contribution in [-0.4, -0.2) is 35.7 Å². The Morgan fingerprint density at radius 1 is 1.36 bits per heavy atom. The largest absolute Gasteiger partial charge is 0.444 e. The molecule has 1 amide bonds. The minimum absolute atomic E-state index is 0.116. The average molecular weight is 302 g/mol. The van der Waals surface area contributed by atoms with Crippen molar-refractivity contribution in [1.82, 2.24) is 4.90 Å². The van der Waals surface area contributed by atoms with Gasteiger partial charge in [0.2, 0.25) is 0 Å². The van der Waals surface area contributed by atoms with Crippen LogP contribution in [-0.2, 0) is 11.2 Å². The van der Waals surface area contributed by atoms with Crippen molar-refractivity contribution in [1.29, 1.82) is 0 Å². The number of carbonyl (C=O) groups is 1. The van der Waals surface area contributed by atoms with E-state index in [2.05, 4.69) is 10.0 Å². The molecule has 118 valence electrons. The molecule has 1 saturated heterocycles. The molecule has 0 saturated carbocycles. The van der Waals surface area contributed by atoms with Gasteiger partial charge in [0.1, 0.15) is 5.60 Å². The van der Waals surface area contributed by atoms with Crippen molar-refractivity contribution in [3.8, 4) is 0 Å². The highest BCUT2D eigenvalue weighted by molar-refractivity contribution is 5.68. The first-order valence-corrected chi connectivity index (χ1v) is 7.45. The molecule has 22 heavy (non-hydrogen) atoms. The third kappa shape index (κ3) is 4.40. The number of likely N-dealkylation sites (tertiary alicyclic amines) is 1. The van der Waals surface area contributed by atoms with Crippen LogP contribution in [0.25, 0.3) is 10.4 Å². The van der Waals surface area contributed by atoms with E-state index >= 15 is 0 Å². The van der Waals surface area contributed by atoms with Crippen molar-refractivity contribution >= 4 is 6.09 Å². The second-order valence-corrected chi connectivity index (χ2v) is 6.61. The molecule has 0 spiro atoms. The number of nitrogens with zero attached hydrogens (tertiary/aromatic N) is 4. The van der Waals surface area contributed by atoms with Gasteiger partial charge in [0.15, 0.2) is 0 Å². The topological polar surface area (TPSA) is 78.3 Å². The van der Waals surface area contributed by atoms with Crippen molar-refractivity contribution in [3.05, 3.63) is 46.3 Å². The molecule has 2 rings (SSSR count). The van der Waals surface area contributed by atoms with E-state index in [-0.39, 0.29) is 18.1 Å². The van der Waals surface area contributed by atoms with Gasteiger partial charge in [-0.3, -0.25) is 0 Å². The van der Waals surface area contributed by atoms with Gasteiger partial charge in [-0.25, -0.2) is 4.79 Å². The third-order valence-corrected chi connectivity index (χ3v) is 3.60. The number of azide groups is 1. The van der Waals surface area contributed by atoms with Crippen LogP contribution in [0.3, 0.4) is 0 Å². The monoisotopic (exact) mass is 302 g/mol. The van der Waals surface area contributed by atoms with Gasteiger partial charge in [-0.2, -0.15) is 0 Å².